The molecular formula is C22H23N3O2. The summed E-state index contributed by atoms with van der Waals surface area (Å²) in [5.74, 6) is 1.31. The van der Waals surface area contributed by atoms with Crippen molar-refractivity contribution in [3.63, 3.8) is 0 Å². The summed E-state index contributed by atoms with van der Waals surface area (Å²) in [4.78, 5) is 14.9. The van der Waals surface area contributed by atoms with Gasteiger partial charge in [0.1, 0.15) is 0 Å². The molecule has 0 aliphatic carbocycles. The van der Waals surface area contributed by atoms with Gasteiger partial charge in [0.05, 0.1) is 5.92 Å². The van der Waals surface area contributed by atoms with Crippen LogP contribution < -0.4 is 0 Å². The Balaban J connectivity index is 1.51. The lowest BCUT2D eigenvalue weighted by molar-refractivity contribution is 0.0698. The van der Waals surface area contributed by atoms with E-state index < -0.39 is 0 Å². The van der Waals surface area contributed by atoms with Crippen LogP contribution in [-0.4, -0.2) is 34.1 Å². The van der Waals surface area contributed by atoms with E-state index in [0.717, 1.165) is 41.6 Å². The smallest absolute Gasteiger partial charge is 0.253 e. The molecule has 2 heterocycles. The minimum absolute atomic E-state index is 0.0781. The Kier molecular flexibility index (Phi) is 4.75. The van der Waals surface area contributed by atoms with E-state index in [1.807, 2.05) is 61.2 Å². The first kappa shape index (κ1) is 17.5. The number of rotatable bonds is 3. The van der Waals surface area contributed by atoms with Gasteiger partial charge >= 0.3 is 0 Å². The Morgan fingerprint density at radius 1 is 1.07 bits per heavy atom. The predicted molar refractivity (Wildman–Crippen MR) is 104 cm³/mol. The molecule has 0 radical (unpaired) electrons. The number of aromatic nitrogens is 2. The molecule has 1 aliphatic rings. The molecule has 27 heavy (non-hydrogen) atoms. The van der Waals surface area contributed by atoms with Crippen molar-refractivity contribution in [2.45, 2.75) is 32.6 Å². The molecule has 0 spiro atoms. The normalized spacial score (nSPS) is 17.1. The van der Waals surface area contributed by atoms with E-state index in [4.69, 9.17) is 4.42 Å². The van der Waals surface area contributed by atoms with Crippen LogP contribution in [0, 0.1) is 13.8 Å². The second-order valence-corrected chi connectivity index (χ2v) is 7.28. The number of likely N-dealkylation sites (tertiary alicyclic amines) is 1. The summed E-state index contributed by atoms with van der Waals surface area (Å²) in [7, 11) is 0. The zero-order valence-corrected chi connectivity index (χ0v) is 15.7. The fourth-order valence-corrected chi connectivity index (χ4v) is 3.74. The number of carbonyl (C=O) groups excluding carboxylic acids is 1. The van der Waals surface area contributed by atoms with Crippen molar-refractivity contribution in [1.82, 2.24) is 15.1 Å². The van der Waals surface area contributed by atoms with Gasteiger partial charge in [-0.2, -0.15) is 0 Å². The Labute approximate surface area is 159 Å². The van der Waals surface area contributed by atoms with Crippen LogP contribution in [0.5, 0.6) is 0 Å². The first-order chi connectivity index (χ1) is 13.1. The van der Waals surface area contributed by atoms with E-state index in [1.54, 1.807) is 0 Å². The maximum absolute atomic E-state index is 13.0. The number of amides is 1. The monoisotopic (exact) mass is 361 g/mol. The lowest BCUT2D eigenvalue weighted by Crippen LogP contribution is -2.39. The lowest BCUT2D eigenvalue weighted by Gasteiger charge is -2.31. The third-order valence-corrected chi connectivity index (χ3v) is 4.99. The third-order valence-electron chi connectivity index (χ3n) is 4.99. The molecule has 0 bridgehead atoms. The van der Waals surface area contributed by atoms with Crippen LogP contribution in [-0.2, 0) is 0 Å². The van der Waals surface area contributed by atoms with Crippen molar-refractivity contribution in [1.29, 1.82) is 0 Å². The van der Waals surface area contributed by atoms with Crippen LogP contribution in [0.25, 0.3) is 11.5 Å². The third kappa shape index (κ3) is 3.77. The summed E-state index contributed by atoms with van der Waals surface area (Å²) in [5.41, 5.74) is 3.88. The van der Waals surface area contributed by atoms with E-state index in [-0.39, 0.29) is 11.8 Å². The van der Waals surface area contributed by atoms with E-state index in [9.17, 15) is 4.79 Å². The van der Waals surface area contributed by atoms with Gasteiger partial charge in [0.25, 0.3) is 5.91 Å². The summed E-state index contributed by atoms with van der Waals surface area (Å²) >= 11 is 0. The fraction of sp³-hybridized carbons (Fsp3) is 0.318. The number of piperidine rings is 1. The highest BCUT2D eigenvalue weighted by molar-refractivity contribution is 5.94. The van der Waals surface area contributed by atoms with Gasteiger partial charge < -0.3 is 9.32 Å². The molecule has 0 unspecified atom stereocenters. The molecule has 1 aromatic heterocycles. The minimum Gasteiger partial charge on any atom is -0.420 e. The molecule has 1 atom stereocenters. The quantitative estimate of drug-likeness (QED) is 0.695. The molecule has 1 amide bonds. The molecule has 2 aromatic carbocycles. The predicted octanol–water partition coefficient (Wildman–Crippen LogP) is 4.37. The highest BCUT2D eigenvalue weighted by Crippen LogP contribution is 2.29. The molecule has 0 N–H and O–H groups in total. The number of hydrogen-bond acceptors (Lipinski definition) is 4. The standard InChI is InChI=1S/C22H23N3O2/c1-15-11-16(2)13-19(12-15)22(26)25-10-6-9-18(14-25)21-24-23-20(27-21)17-7-4-3-5-8-17/h3-5,7-8,11-13,18H,6,9-10,14H2,1-2H3/t18-/m0/s1. The average Bonchev–Trinajstić information content (AvgIpc) is 3.18. The van der Waals surface area contributed by atoms with Gasteiger partial charge in [-0.05, 0) is 51.0 Å². The summed E-state index contributed by atoms with van der Waals surface area (Å²) in [6.07, 6.45) is 1.89. The number of benzene rings is 2. The minimum atomic E-state index is 0.0781. The van der Waals surface area contributed by atoms with Crippen molar-refractivity contribution in [2.24, 2.45) is 0 Å². The van der Waals surface area contributed by atoms with Crippen molar-refractivity contribution >= 4 is 5.91 Å². The second-order valence-electron chi connectivity index (χ2n) is 7.28. The SMILES string of the molecule is Cc1cc(C)cc(C(=O)N2CCC[C@H](c3nnc(-c4ccccc4)o3)C2)c1. The molecule has 4 rings (SSSR count). The van der Waals surface area contributed by atoms with Gasteiger partial charge in [-0.1, -0.05) is 35.4 Å². The number of aryl methyl sites for hydroxylation is 2. The van der Waals surface area contributed by atoms with Gasteiger partial charge in [0.2, 0.25) is 11.8 Å². The molecule has 138 valence electrons. The largest absolute Gasteiger partial charge is 0.420 e. The van der Waals surface area contributed by atoms with Crippen molar-refractivity contribution in [3.8, 4) is 11.5 Å². The van der Waals surface area contributed by atoms with E-state index in [0.29, 0.717) is 18.3 Å². The van der Waals surface area contributed by atoms with Gasteiger partial charge in [0, 0.05) is 24.2 Å². The molecule has 1 saturated heterocycles. The second kappa shape index (κ2) is 7.35. The zero-order valence-electron chi connectivity index (χ0n) is 15.7. The van der Waals surface area contributed by atoms with Crippen LogP contribution >= 0.6 is 0 Å². The molecule has 1 aliphatic heterocycles. The van der Waals surface area contributed by atoms with Gasteiger partial charge in [0.15, 0.2) is 0 Å². The summed E-state index contributed by atoms with van der Waals surface area (Å²) in [5, 5.41) is 8.45. The fourth-order valence-electron chi connectivity index (χ4n) is 3.74. The molecular weight excluding hydrogens is 338 g/mol. The van der Waals surface area contributed by atoms with E-state index >= 15 is 0 Å². The number of nitrogens with zero attached hydrogens (tertiary/aromatic N) is 3. The Bertz CT molecular complexity index is 929. The van der Waals surface area contributed by atoms with Crippen LogP contribution in [0.15, 0.2) is 52.9 Å². The van der Waals surface area contributed by atoms with Gasteiger partial charge in [-0.15, -0.1) is 10.2 Å². The van der Waals surface area contributed by atoms with Crippen LogP contribution in [0.3, 0.4) is 0 Å². The van der Waals surface area contributed by atoms with E-state index in [1.165, 1.54) is 0 Å². The van der Waals surface area contributed by atoms with Crippen molar-refractivity contribution < 1.29 is 9.21 Å². The molecule has 5 heteroatoms. The molecule has 0 saturated carbocycles. The van der Waals surface area contributed by atoms with Crippen LogP contribution in [0.4, 0.5) is 0 Å². The first-order valence-corrected chi connectivity index (χ1v) is 9.36. The molecule has 3 aromatic rings. The molecule has 5 nitrogen and oxygen atoms in total. The lowest BCUT2D eigenvalue weighted by atomic mass is 9.97. The summed E-state index contributed by atoms with van der Waals surface area (Å²) in [6, 6.07) is 15.8. The van der Waals surface area contributed by atoms with Crippen molar-refractivity contribution in [3.05, 3.63) is 71.1 Å². The summed E-state index contributed by atoms with van der Waals surface area (Å²) in [6.45, 7) is 5.42. The highest BCUT2D eigenvalue weighted by atomic mass is 16.4. The Morgan fingerprint density at radius 2 is 1.81 bits per heavy atom. The van der Waals surface area contributed by atoms with Crippen LogP contribution in [0.1, 0.15) is 46.1 Å². The van der Waals surface area contributed by atoms with Crippen LogP contribution in [0.2, 0.25) is 0 Å². The number of hydrogen-bond donors (Lipinski definition) is 0. The van der Waals surface area contributed by atoms with E-state index in [2.05, 4.69) is 16.3 Å². The first-order valence-electron chi connectivity index (χ1n) is 9.36. The molecule has 1 fully saturated rings. The topological polar surface area (TPSA) is 59.2 Å². The van der Waals surface area contributed by atoms with Gasteiger partial charge in [-0.25, -0.2) is 0 Å². The highest BCUT2D eigenvalue weighted by Gasteiger charge is 2.29. The maximum atomic E-state index is 13.0. The maximum Gasteiger partial charge on any atom is 0.253 e. The van der Waals surface area contributed by atoms with Crippen molar-refractivity contribution in [2.75, 3.05) is 13.1 Å². The summed E-state index contributed by atoms with van der Waals surface area (Å²) < 4.78 is 5.92. The Hall–Kier alpha value is -2.95. The Morgan fingerprint density at radius 3 is 2.56 bits per heavy atom. The van der Waals surface area contributed by atoms with Gasteiger partial charge in [-0.3, -0.25) is 4.79 Å². The zero-order chi connectivity index (χ0) is 18.8. The number of carbonyl (C=O) groups is 1. The average molecular weight is 361 g/mol.